The summed E-state index contributed by atoms with van der Waals surface area (Å²) < 4.78 is 5.12. The van der Waals surface area contributed by atoms with Gasteiger partial charge in [-0.1, -0.05) is 17.7 Å². The zero-order valence-electron chi connectivity index (χ0n) is 14.1. The summed E-state index contributed by atoms with van der Waals surface area (Å²) in [6.07, 6.45) is 1.37. The van der Waals surface area contributed by atoms with Gasteiger partial charge >= 0.3 is 11.8 Å². The molecule has 0 unspecified atom stereocenters. The smallest absolute Gasteiger partial charge is 0.329 e. The summed E-state index contributed by atoms with van der Waals surface area (Å²) in [5, 5.41) is 6.19. The lowest BCUT2D eigenvalue weighted by molar-refractivity contribution is -0.136. The van der Waals surface area contributed by atoms with Crippen LogP contribution in [0.3, 0.4) is 0 Å². The second-order valence-corrected chi connectivity index (χ2v) is 5.34. The van der Waals surface area contributed by atoms with E-state index in [1.54, 1.807) is 36.4 Å². The van der Waals surface area contributed by atoms with Crippen molar-refractivity contribution in [1.29, 1.82) is 0 Å². The van der Waals surface area contributed by atoms with E-state index in [4.69, 9.17) is 10.5 Å². The molecule has 3 amide bonds. The molecule has 8 nitrogen and oxygen atoms in total. The number of anilines is 1. The van der Waals surface area contributed by atoms with E-state index in [0.29, 0.717) is 17.0 Å². The number of carbonyl (C=O) groups is 3. The molecule has 134 valence electrons. The van der Waals surface area contributed by atoms with E-state index in [0.717, 1.165) is 5.56 Å². The minimum Gasteiger partial charge on any atom is -0.484 e. The number of hydrazone groups is 1. The quantitative estimate of drug-likeness (QED) is 0.406. The molecule has 0 heterocycles. The van der Waals surface area contributed by atoms with Crippen molar-refractivity contribution in [1.82, 2.24) is 5.43 Å². The molecule has 0 aliphatic heterocycles. The Morgan fingerprint density at radius 2 is 1.69 bits per heavy atom. The first-order valence-corrected chi connectivity index (χ1v) is 7.66. The van der Waals surface area contributed by atoms with Crippen LogP contribution in [-0.2, 0) is 14.4 Å². The summed E-state index contributed by atoms with van der Waals surface area (Å²) in [5.41, 5.74) is 9.36. The fourth-order valence-electron chi connectivity index (χ4n) is 1.85. The van der Waals surface area contributed by atoms with Crippen molar-refractivity contribution in [2.75, 3.05) is 11.9 Å². The van der Waals surface area contributed by atoms with E-state index in [-0.39, 0.29) is 6.61 Å². The lowest BCUT2D eigenvalue weighted by atomic mass is 10.2. The van der Waals surface area contributed by atoms with Crippen LogP contribution >= 0.6 is 0 Å². The fraction of sp³-hybridized carbons (Fsp3) is 0.111. The molecule has 0 aliphatic rings. The summed E-state index contributed by atoms with van der Waals surface area (Å²) in [6, 6.07) is 13.6. The summed E-state index contributed by atoms with van der Waals surface area (Å²) >= 11 is 0. The van der Waals surface area contributed by atoms with Crippen LogP contribution in [-0.4, -0.2) is 30.5 Å². The maximum atomic E-state index is 11.8. The number of nitrogens with two attached hydrogens (primary N) is 1. The van der Waals surface area contributed by atoms with Crippen LogP contribution in [0.2, 0.25) is 0 Å². The predicted molar refractivity (Wildman–Crippen MR) is 96.7 cm³/mol. The van der Waals surface area contributed by atoms with Crippen LogP contribution < -0.4 is 21.2 Å². The van der Waals surface area contributed by atoms with Gasteiger partial charge in [0.15, 0.2) is 6.61 Å². The number of ether oxygens (including phenoxy) is 1. The highest BCUT2D eigenvalue weighted by atomic mass is 16.5. The molecular weight excluding hydrogens is 336 g/mol. The number of amides is 3. The highest BCUT2D eigenvalue weighted by Gasteiger charge is 2.12. The number of hydrogen-bond donors (Lipinski definition) is 3. The predicted octanol–water partition coefficient (Wildman–Crippen LogP) is 0.948. The second-order valence-electron chi connectivity index (χ2n) is 5.34. The molecule has 0 saturated heterocycles. The highest BCUT2D eigenvalue weighted by Crippen LogP contribution is 2.11. The first kappa shape index (κ1) is 18.7. The first-order chi connectivity index (χ1) is 12.4. The van der Waals surface area contributed by atoms with Crippen molar-refractivity contribution in [3.63, 3.8) is 0 Å². The topological polar surface area (TPSA) is 123 Å². The van der Waals surface area contributed by atoms with E-state index in [9.17, 15) is 14.4 Å². The van der Waals surface area contributed by atoms with Gasteiger partial charge in [-0.05, 0) is 48.9 Å². The van der Waals surface area contributed by atoms with Crippen LogP contribution in [0.4, 0.5) is 5.69 Å². The van der Waals surface area contributed by atoms with Gasteiger partial charge in [-0.3, -0.25) is 14.4 Å². The molecule has 2 rings (SSSR count). The van der Waals surface area contributed by atoms with Crippen LogP contribution in [0.15, 0.2) is 53.6 Å². The van der Waals surface area contributed by atoms with Gasteiger partial charge < -0.3 is 15.8 Å². The number of carbonyl (C=O) groups excluding carboxylic acids is 3. The average Bonchev–Trinajstić information content (AvgIpc) is 2.62. The number of primary amides is 1. The Balaban J connectivity index is 1.83. The molecule has 0 aromatic heterocycles. The molecule has 0 fully saturated rings. The van der Waals surface area contributed by atoms with Crippen LogP contribution in [0.5, 0.6) is 5.75 Å². The third-order valence-electron chi connectivity index (χ3n) is 3.16. The number of nitrogens with zero attached hydrogens (tertiary/aromatic N) is 1. The number of aryl methyl sites for hydroxylation is 1. The van der Waals surface area contributed by atoms with Crippen molar-refractivity contribution in [3.05, 3.63) is 59.7 Å². The van der Waals surface area contributed by atoms with Gasteiger partial charge in [0.25, 0.3) is 5.91 Å². The highest BCUT2D eigenvalue weighted by molar-refractivity contribution is 6.39. The molecule has 0 aliphatic carbocycles. The molecule has 2 aromatic rings. The molecule has 0 atom stereocenters. The molecule has 0 spiro atoms. The zero-order valence-corrected chi connectivity index (χ0v) is 14.1. The molecule has 26 heavy (non-hydrogen) atoms. The number of benzene rings is 2. The molecule has 0 radical (unpaired) electrons. The maximum Gasteiger partial charge on any atom is 0.329 e. The van der Waals surface area contributed by atoms with Crippen molar-refractivity contribution < 1.29 is 19.1 Å². The van der Waals surface area contributed by atoms with Crippen molar-refractivity contribution in [2.45, 2.75) is 6.92 Å². The van der Waals surface area contributed by atoms with E-state index in [2.05, 4.69) is 15.8 Å². The minimum absolute atomic E-state index is 0.209. The number of hydrogen-bond acceptors (Lipinski definition) is 5. The van der Waals surface area contributed by atoms with Crippen LogP contribution in [0.1, 0.15) is 11.1 Å². The van der Waals surface area contributed by atoms with Gasteiger partial charge in [0, 0.05) is 5.69 Å². The Bertz CT molecular complexity index is 814. The largest absolute Gasteiger partial charge is 0.484 e. The van der Waals surface area contributed by atoms with Crippen LogP contribution in [0.25, 0.3) is 0 Å². The lowest BCUT2D eigenvalue weighted by Gasteiger charge is -2.04. The number of rotatable bonds is 6. The normalized spacial score (nSPS) is 10.3. The molecule has 8 heteroatoms. The van der Waals surface area contributed by atoms with Gasteiger partial charge in [-0.2, -0.15) is 5.10 Å². The Morgan fingerprint density at radius 3 is 2.31 bits per heavy atom. The van der Waals surface area contributed by atoms with Gasteiger partial charge in [0.1, 0.15) is 5.75 Å². The minimum atomic E-state index is -0.886. The molecule has 0 saturated carbocycles. The standard InChI is InChI=1S/C18H18N4O4/c1-12-2-6-14(7-3-12)21-17(24)18(25)22-20-10-13-4-8-15(9-5-13)26-11-16(19)23/h2-10H,11H2,1H3,(H2,19,23)(H,21,24)(H,22,25)/b20-10-. The Hall–Kier alpha value is -3.68. The fourth-order valence-corrected chi connectivity index (χ4v) is 1.85. The summed E-state index contributed by atoms with van der Waals surface area (Å²) in [4.78, 5) is 34.1. The lowest BCUT2D eigenvalue weighted by Crippen LogP contribution is -2.32. The van der Waals surface area contributed by atoms with E-state index in [1.165, 1.54) is 6.21 Å². The van der Waals surface area contributed by atoms with Gasteiger partial charge in [-0.25, -0.2) is 5.43 Å². The molecule has 4 N–H and O–H groups in total. The van der Waals surface area contributed by atoms with E-state index in [1.807, 2.05) is 19.1 Å². The van der Waals surface area contributed by atoms with Crippen LogP contribution in [0, 0.1) is 6.92 Å². The molecular formula is C18H18N4O4. The molecule has 2 aromatic carbocycles. The second kappa shape index (κ2) is 8.97. The Morgan fingerprint density at radius 1 is 1.04 bits per heavy atom. The third-order valence-corrected chi connectivity index (χ3v) is 3.16. The maximum absolute atomic E-state index is 11.8. The monoisotopic (exact) mass is 354 g/mol. The van der Waals surface area contributed by atoms with E-state index >= 15 is 0 Å². The summed E-state index contributed by atoms with van der Waals surface area (Å²) in [5.74, 6) is -1.80. The van der Waals surface area contributed by atoms with Crippen molar-refractivity contribution in [2.24, 2.45) is 10.8 Å². The van der Waals surface area contributed by atoms with E-state index < -0.39 is 17.7 Å². The zero-order chi connectivity index (χ0) is 18.9. The van der Waals surface area contributed by atoms with Crippen molar-refractivity contribution in [3.8, 4) is 5.75 Å². The number of nitrogens with one attached hydrogen (secondary N) is 2. The average molecular weight is 354 g/mol. The third kappa shape index (κ3) is 6.08. The molecule has 0 bridgehead atoms. The summed E-state index contributed by atoms with van der Waals surface area (Å²) in [6.45, 7) is 1.71. The Kier molecular flexibility index (Phi) is 6.44. The van der Waals surface area contributed by atoms with Crippen molar-refractivity contribution >= 4 is 29.6 Å². The van der Waals surface area contributed by atoms with Gasteiger partial charge in [0.05, 0.1) is 6.21 Å². The van der Waals surface area contributed by atoms with Gasteiger partial charge in [0.2, 0.25) is 0 Å². The Labute approximate surface area is 150 Å². The SMILES string of the molecule is Cc1ccc(NC(=O)C(=O)N/N=C\c2ccc(OCC(N)=O)cc2)cc1. The van der Waals surface area contributed by atoms with Gasteiger partial charge in [-0.15, -0.1) is 0 Å². The summed E-state index contributed by atoms with van der Waals surface area (Å²) in [7, 11) is 0. The first-order valence-electron chi connectivity index (χ1n) is 7.66.